The third-order valence-electron chi connectivity index (χ3n) is 4.10. The lowest BCUT2D eigenvalue weighted by Crippen LogP contribution is -2.42. The molecule has 6 heteroatoms. The van der Waals surface area contributed by atoms with Crippen LogP contribution in [0.25, 0.3) is 10.9 Å². The van der Waals surface area contributed by atoms with Crippen LogP contribution >= 0.6 is 0 Å². The number of rotatable bonds is 2. The van der Waals surface area contributed by atoms with E-state index in [0.717, 1.165) is 12.5 Å². The highest BCUT2D eigenvalue weighted by atomic mass is 19.4. The normalized spacial score (nSPS) is 17.9. The van der Waals surface area contributed by atoms with Crippen LogP contribution in [0, 0.1) is 0 Å². The van der Waals surface area contributed by atoms with E-state index < -0.39 is 23.3 Å². The van der Waals surface area contributed by atoms with E-state index in [1.165, 1.54) is 6.07 Å². The summed E-state index contributed by atoms with van der Waals surface area (Å²) in [5.41, 5.74) is -1.09. The van der Waals surface area contributed by atoms with E-state index in [9.17, 15) is 23.1 Å². The number of nitrogens with one attached hydrogen (secondary N) is 1. The van der Waals surface area contributed by atoms with Crippen molar-refractivity contribution in [3.8, 4) is 0 Å². The van der Waals surface area contributed by atoms with Gasteiger partial charge in [0.05, 0.1) is 5.41 Å². The van der Waals surface area contributed by atoms with Crippen molar-refractivity contribution in [3.05, 3.63) is 35.5 Å². The Labute approximate surface area is 112 Å². The van der Waals surface area contributed by atoms with Crippen molar-refractivity contribution < 1.29 is 23.1 Å². The standard InChI is InChI=1S/C14H12F3NO2/c15-14(16,17)11-7-8-9(3-1-4-10(8)18-11)13(12(19)20)5-2-6-13/h1,3-4,7,18H,2,5-6H2,(H,19,20). The number of aromatic nitrogens is 1. The van der Waals surface area contributed by atoms with Gasteiger partial charge < -0.3 is 10.1 Å². The van der Waals surface area contributed by atoms with Gasteiger partial charge in [-0.05, 0) is 30.5 Å². The lowest BCUT2D eigenvalue weighted by molar-refractivity contribution is -0.147. The minimum Gasteiger partial charge on any atom is -0.481 e. The molecule has 0 radical (unpaired) electrons. The van der Waals surface area contributed by atoms with Gasteiger partial charge >= 0.3 is 12.1 Å². The van der Waals surface area contributed by atoms with Gasteiger partial charge in [0.2, 0.25) is 0 Å². The van der Waals surface area contributed by atoms with E-state index >= 15 is 0 Å². The molecule has 1 aliphatic carbocycles. The zero-order valence-electron chi connectivity index (χ0n) is 10.4. The second-order valence-corrected chi connectivity index (χ2v) is 5.19. The molecule has 1 aromatic carbocycles. The van der Waals surface area contributed by atoms with Crippen molar-refractivity contribution in [2.24, 2.45) is 0 Å². The number of fused-ring (bicyclic) bond motifs is 1. The number of aromatic amines is 1. The summed E-state index contributed by atoms with van der Waals surface area (Å²) in [7, 11) is 0. The molecule has 106 valence electrons. The highest BCUT2D eigenvalue weighted by molar-refractivity contribution is 5.93. The third-order valence-corrected chi connectivity index (χ3v) is 4.10. The van der Waals surface area contributed by atoms with Gasteiger partial charge in [-0.15, -0.1) is 0 Å². The molecule has 0 spiro atoms. The molecule has 2 aromatic rings. The van der Waals surface area contributed by atoms with Crippen LogP contribution in [0.3, 0.4) is 0 Å². The van der Waals surface area contributed by atoms with Gasteiger partial charge in [-0.1, -0.05) is 18.6 Å². The average molecular weight is 283 g/mol. The Balaban J connectivity index is 2.22. The van der Waals surface area contributed by atoms with Crippen molar-refractivity contribution in [3.63, 3.8) is 0 Å². The maximum atomic E-state index is 12.8. The fourth-order valence-corrected chi connectivity index (χ4v) is 2.85. The smallest absolute Gasteiger partial charge is 0.431 e. The Bertz CT molecular complexity index is 683. The zero-order valence-corrected chi connectivity index (χ0v) is 10.4. The van der Waals surface area contributed by atoms with Gasteiger partial charge in [-0.25, -0.2) is 0 Å². The average Bonchev–Trinajstić information content (AvgIpc) is 2.71. The van der Waals surface area contributed by atoms with Gasteiger partial charge in [0.15, 0.2) is 0 Å². The predicted octanol–water partition coefficient (Wildman–Crippen LogP) is 3.69. The predicted molar refractivity (Wildman–Crippen MR) is 66.5 cm³/mol. The summed E-state index contributed by atoms with van der Waals surface area (Å²) in [6.07, 6.45) is -2.76. The number of alkyl halides is 3. The molecule has 0 saturated heterocycles. The number of halogens is 3. The largest absolute Gasteiger partial charge is 0.481 e. The maximum Gasteiger partial charge on any atom is 0.431 e. The van der Waals surface area contributed by atoms with Crippen molar-refractivity contribution >= 4 is 16.9 Å². The number of hydrogen-bond donors (Lipinski definition) is 2. The summed E-state index contributed by atoms with van der Waals surface area (Å²) in [6, 6.07) is 5.75. The molecule has 1 saturated carbocycles. The molecule has 20 heavy (non-hydrogen) atoms. The molecule has 0 amide bonds. The van der Waals surface area contributed by atoms with E-state index in [0.29, 0.717) is 29.3 Å². The van der Waals surface area contributed by atoms with Crippen molar-refractivity contribution in [2.45, 2.75) is 30.9 Å². The molecule has 3 nitrogen and oxygen atoms in total. The van der Waals surface area contributed by atoms with Gasteiger partial charge in [0, 0.05) is 10.9 Å². The molecule has 2 N–H and O–H groups in total. The number of carbonyl (C=O) groups is 1. The summed E-state index contributed by atoms with van der Waals surface area (Å²) < 4.78 is 38.3. The summed E-state index contributed by atoms with van der Waals surface area (Å²) in [5.74, 6) is -0.967. The van der Waals surface area contributed by atoms with Gasteiger partial charge in [-0.3, -0.25) is 4.79 Å². The van der Waals surface area contributed by atoms with E-state index in [2.05, 4.69) is 4.98 Å². The summed E-state index contributed by atoms with van der Waals surface area (Å²) in [5, 5.41) is 9.78. The number of benzene rings is 1. The lowest BCUT2D eigenvalue weighted by Gasteiger charge is -2.38. The SMILES string of the molecule is O=C(O)C1(c2cccc3[nH]c(C(F)(F)F)cc23)CCC1. The van der Waals surface area contributed by atoms with Crippen LogP contribution in [0.5, 0.6) is 0 Å². The van der Waals surface area contributed by atoms with Gasteiger partial charge in [0.25, 0.3) is 0 Å². The van der Waals surface area contributed by atoms with Gasteiger partial charge in [0.1, 0.15) is 5.69 Å². The van der Waals surface area contributed by atoms with Crippen LogP contribution in [0.15, 0.2) is 24.3 Å². The highest BCUT2D eigenvalue weighted by Gasteiger charge is 2.47. The minimum absolute atomic E-state index is 0.322. The molecule has 0 bridgehead atoms. The molecule has 0 atom stereocenters. The van der Waals surface area contributed by atoms with Crippen molar-refractivity contribution in [1.29, 1.82) is 0 Å². The first-order valence-electron chi connectivity index (χ1n) is 6.27. The first-order chi connectivity index (χ1) is 9.34. The highest BCUT2D eigenvalue weighted by Crippen LogP contribution is 2.47. The molecular formula is C14H12F3NO2. The topological polar surface area (TPSA) is 53.1 Å². The maximum absolute atomic E-state index is 12.8. The van der Waals surface area contributed by atoms with Crippen LogP contribution in [-0.4, -0.2) is 16.1 Å². The van der Waals surface area contributed by atoms with Crippen LogP contribution in [-0.2, 0) is 16.4 Å². The summed E-state index contributed by atoms with van der Waals surface area (Å²) in [4.78, 5) is 13.8. The Morgan fingerprint density at radius 1 is 1.30 bits per heavy atom. The van der Waals surface area contributed by atoms with E-state index in [4.69, 9.17) is 0 Å². The minimum atomic E-state index is -4.47. The fourth-order valence-electron chi connectivity index (χ4n) is 2.85. The van der Waals surface area contributed by atoms with E-state index in [1.54, 1.807) is 12.1 Å². The first kappa shape index (κ1) is 13.0. The fraction of sp³-hybridized carbons (Fsp3) is 0.357. The van der Waals surface area contributed by atoms with Crippen molar-refractivity contribution in [1.82, 2.24) is 4.98 Å². The second kappa shape index (κ2) is 4.01. The van der Waals surface area contributed by atoms with Gasteiger partial charge in [-0.2, -0.15) is 13.2 Å². The molecule has 3 rings (SSSR count). The quantitative estimate of drug-likeness (QED) is 0.883. The van der Waals surface area contributed by atoms with Crippen LogP contribution in [0.1, 0.15) is 30.5 Å². The Hall–Kier alpha value is -1.98. The molecular weight excluding hydrogens is 271 g/mol. The molecule has 1 aromatic heterocycles. The van der Waals surface area contributed by atoms with Crippen LogP contribution in [0.4, 0.5) is 13.2 Å². The van der Waals surface area contributed by atoms with E-state index in [1.807, 2.05) is 0 Å². The number of carboxylic acid groups (broad SMARTS) is 1. The Morgan fingerprint density at radius 2 is 2.00 bits per heavy atom. The Kier molecular flexibility index (Phi) is 2.61. The number of H-pyrrole nitrogens is 1. The summed E-state index contributed by atoms with van der Waals surface area (Å²) >= 11 is 0. The second-order valence-electron chi connectivity index (χ2n) is 5.19. The molecule has 1 fully saturated rings. The molecule has 0 unspecified atom stereocenters. The third kappa shape index (κ3) is 1.71. The van der Waals surface area contributed by atoms with Crippen LogP contribution in [0.2, 0.25) is 0 Å². The number of hydrogen-bond acceptors (Lipinski definition) is 1. The van der Waals surface area contributed by atoms with Crippen LogP contribution < -0.4 is 0 Å². The number of carboxylic acids is 1. The zero-order chi connectivity index (χ0) is 14.5. The first-order valence-corrected chi connectivity index (χ1v) is 6.27. The molecule has 0 aliphatic heterocycles. The molecule has 1 aliphatic rings. The number of aliphatic carboxylic acids is 1. The summed E-state index contributed by atoms with van der Waals surface area (Å²) in [6.45, 7) is 0. The van der Waals surface area contributed by atoms with E-state index in [-0.39, 0.29) is 0 Å². The monoisotopic (exact) mass is 283 g/mol. The lowest BCUT2D eigenvalue weighted by atomic mass is 9.64. The molecule has 1 heterocycles. The Morgan fingerprint density at radius 3 is 2.50 bits per heavy atom. The van der Waals surface area contributed by atoms with Crippen molar-refractivity contribution in [2.75, 3.05) is 0 Å².